The minimum atomic E-state index is -4.38. The summed E-state index contributed by atoms with van der Waals surface area (Å²) in [5, 5.41) is 10.6. The molecule has 0 saturated carbocycles. The van der Waals surface area contributed by atoms with Crippen molar-refractivity contribution in [1.29, 1.82) is 0 Å². The van der Waals surface area contributed by atoms with Crippen LogP contribution in [0.1, 0.15) is 17.0 Å². The molecule has 0 aliphatic carbocycles. The number of halogens is 3. The summed E-state index contributed by atoms with van der Waals surface area (Å²) in [6, 6.07) is 18.6. The third-order valence-electron chi connectivity index (χ3n) is 5.63. The molecule has 0 saturated heterocycles. The van der Waals surface area contributed by atoms with Crippen LogP contribution < -0.4 is 4.74 Å². The van der Waals surface area contributed by atoms with Crippen LogP contribution >= 0.6 is 10.0 Å². The van der Waals surface area contributed by atoms with E-state index in [9.17, 15) is 18.3 Å². The quantitative estimate of drug-likeness (QED) is 0.317. The monoisotopic (exact) mass is 488 g/mol. The zero-order valence-corrected chi connectivity index (χ0v) is 20.0. The van der Waals surface area contributed by atoms with Crippen LogP contribution in [0.2, 0.25) is 0 Å². The maximum atomic E-state index is 12.7. The van der Waals surface area contributed by atoms with E-state index < -0.39 is 27.2 Å². The van der Waals surface area contributed by atoms with Crippen molar-refractivity contribution in [3.05, 3.63) is 83.7 Å². The molecule has 0 fully saturated rings. The van der Waals surface area contributed by atoms with E-state index in [1.807, 2.05) is 42.5 Å². The highest BCUT2D eigenvalue weighted by Gasteiger charge is 2.30. The van der Waals surface area contributed by atoms with Gasteiger partial charge in [-0.15, -0.1) is 0 Å². The van der Waals surface area contributed by atoms with Crippen LogP contribution in [0.4, 0.5) is 13.2 Å². The number of alkyl halides is 3. The van der Waals surface area contributed by atoms with Crippen molar-refractivity contribution < 1.29 is 23.0 Å². The van der Waals surface area contributed by atoms with E-state index in [1.165, 1.54) is 12.1 Å². The van der Waals surface area contributed by atoms with Crippen LogP contribution in [0.15, 0.2) is 66.7 Å². The molecule has 1 aromatic heterocycles. The molecule has 0 aliphatic heterocycles. The maximum Gasteiger partial charge on any atom is 0.416 e. The highest BCUT2D eigenvalue weighted by Crippen LogP contribution is 2.42. The molecule has 4 nitrogen and oxygen atoms in total. The molecule has 0 amide bonds. The Morgan fingerprint density at radius 3 is 2.38 bits per heavy atom. The fourth-order valence-electron chi connectivity index (χ4n) is 3.60. The van der Waals surface area contributed by atoms with Crippen molar-refractivity contribution in [2.75, 3.05) is 18.8 Å². The first-order valence-corrected chi connectivity index (χ1v) is 13.6. The number of hydrogen-bond acceptors (Lipinski definition) is 3. The van der Waals surface area contributed by atoms with Gasteiger partial charge in [-0.25, -0.2) is 15.0 Å². The number of nitrogens with one attached hydrogen (secondary N) is 1. The lowest BCUT2D eigenvalue weighted by Gasteiger charge is -2.32. The van der Waals surface area contributed by atoms with Crippen molar-refractivity contribution in [1.82, 2.24) is 9.97 Å². The van der Waals surface area contributed by atoms with Crippen LogP contribution in [0.5, 0.6) is 5.75 Å². The number of fused-ring (bicyclic) bond motifs is 1. The van der Waals surface area contributed by atoms with E-state index in [1.54, 1.807) is 0 Å². The largest absolute Gasteiger partial charge is 0.486 e. The molecule has 0 aliphatic rings. The molecule has 2 N–H and O–H groups in total. The van der Waals surface area contributed by atoms with Crippen molar-refractivity contribution >= 4 is 21.1 Å². The topological polar surface area (TPSA) is 58.1 Å². The molecule has 1 atom stereocenters. The Morgan fingerprint density at radius 1 is 1.00 bits per heavy atom. The number of H-pyrrole nitrogens is 1. The van der Waals surface area contributed by atoms with E-state index in [0.29, 0.717) is 18.0 Å². The number of imidazole rings is 1. The fraction of sp³-hybridized carbons (Fsp3) is 0.269. The molecular formula is C26H27F3N2O2S. The highest BCUT2D eigenvalue weighted by molar-refractivity contribution is 8.32. The minimum absolute atomic E-state index is 0.104. The molecule has 1 heterocycles. The Kier molecular flexibility index (Phi) is 6.64. The SMILES string of the molecule is CS(C)(C)C(O)Cc1ccccc1-c1ccc2[nH]c(COc3ccc(C(F)(F)F)cc3)nc2c1. The van der Waals surface area contributed by atoms with Gasteiger partial charge in [-0.3, -0.25) is 0 Å². The van der Waals surface area contributed by atoms with Gasteiger partial charge >= 0.3 is 6.18 Å². The smallest absolute Gasteiger partial charge is 0.416 e. The number of benzene rings is 3. The van der Waals surface area contributed by atoms with Crippen LogP contribution in [0.3, 0.4) is 0 Å². The van der Waals surface area contributed by atoms with E-state index in [-0.39, 0.29) is 6.61 Å². The Bertz CT molecular complexity index is 1280. The van der Waals surface area contributed by atoms with Crippen LogP contribution in [-0.4, -0.2) is 39.3 Å². The summed E-state index contributed by atoms with van der Waals surface area (Å²) >= 11 is 0. The zero-order chi connectivity index (χ0) is 24.5. The Balaban J connectivity index is 1.52. The summed E-state index contributed by atoms with van der Waals surface area (Å²) in [5.41, 5.74) is 3.63. The molecule has 0 bridgehead atoms. The van der Waals surface area contributed by atoms with Crippen LogP contribution in [0, 0.1) is 0 Å². The molecule has 180 valence electrons. The molecule has 0 spiro atoms. The summed E-state index contributed by atoms with van der Waals surface area (Å²) in [4.78, 5) is 7.79. The first kappa shape index (κ1) is 24.2. The second-order valence-corrected chi connectivity index (χ2v) is 13.4. The zero-order valence-electron chi connectivity index (χ0n) is 19.2. The second kappa shape index (κ2) is 9.35. The van der Waals surface area contributed by atoms with Gasteiger partial charge in [0, 0.05) is 6.42 Å². The minimum Gasteiger partial charge on any atom is -0.486 e. The van der Waals surface area contributed by atoms with Crippen molar-refractivity contribution in [3.8, 4) is 16.9 Å². The number of aliphatic hydroxyl groups is 1. The number of aromatic nitrogens is 2. The van der Waals surface area contributed by atoms with Crippen LogP contribution in [0.25, 0.3) is 22.2 Å². The predicted octanol–water partition coefficient (Wildman–Crippen LogP) is 6.38. The Hall–Kier alpha value is -2.97. The highest BCUT2D eigenvalue weighted by atomic mass is 32.3. The molecule has 0 radical (unpaired) electrons. The molecular weight excluding hydrogens is 461 g/mol. The summed E-state index contributed by atoms with van der Waals surface area (Å²) < 4.78 is 43.8. The van der Waals surface area contributed by atoms with Crippen LogP contribution in [-0.2, 0) is 19.2 Å². The van der Waals surface area contributed by atoms with Gasteiger partial charge in [0.05, 0.1) is 22.0 Å². The lowest BCUT2D eigenvalue weighted by atomic mass is 9.97. The number of ether oxygens (including phenoxy) is 1. The summed E-state index contributed by atoms with van der Waals surface area (Å²) in [7, 11) is -1.10. The van der Waals surface area contributed by atoms with E-state index in [0.717, 1.165) is 39.9 Å². The first-order chi connectivity index (χ1) is 16.0. The average Bonchev–Trinajstić information content (AvgIpc) is 3.19. The lowest BCUT2D eigenvalue weighted by Crippen LogP contribution is -2.18. The van der Waals surface area contributed by atoms with Gasteiger partial charge in [-0.1, -0.05) is 30.3 Å². The van der Waals surface area contributed by atoms with Gasteiger partial charge in [0.25, 0.3) is 0 Å². The summed E-state index contributed by atoms with van der Waals surface area (Å²) in [5.74, 6) is 0.912. The first-order valence-electron chi connectivity index (χ1n) is 10.7. The van der Waals surface area contributed by atoms with Gasteiger partial charge in [0.1, 0.15) is 18.2 Å². The molecule has 34 heavy (non-hydrogen) atoms. The van der Waals surface area contributed by atoms with Gasteiger partial charge < -0.3 is 14.8 Å². The van der Waals surface area contributed by atoms with E-state index >= 15 is 0 Å². The van der Waals surface area contributed by atoms with E-state index in [2.05, 4.69) is 28.7 Å². The van der Waals surface area contributed by atoms with Gasteiger partial charge in [-0.05, 0) is 71.9 Å². The molecule has 4 rings (SSSR count). The van der Waals surface area contributed by atoms with Gasteiger partial charge in [0.2, 0.25) is 0 Å². The number of rotatable bonds is 7. The van der Waals surface area contributed by atoms with Gasteiger partial charge in [-0.2, -0.15) is 13.2 Å². The average molecular weight is 489 g/mol. The summed E-state index contributed by atoms with van der Waals surface area (Å²) in [6.45, 7) is 0.104. The molecule has 3 aromatic carbocycles. The number of hydrogen-bond donors (Lipinski definition) is 2. The van der Waals surface area contributed by atoms with Crippen molar-refractivity contribution in [3.63, 3.8) is 0 Å². The standard InChI is InChI=1S/C26H27F3N2O2S/c1-34(2,3)25(32)15-17-6-4-5-7-21(17)18-8-13-22-23(14-18)31-24(30-22)16-33-20-11-9-19(10-12-20)26(27,28)29/h4-14,25,32H,15-16H2,1-3H3,(H,30,31). The summed E-state index contributed by atoms with van der Waals surface area (Å²) in [6.07, 6.45) is 2.51. The van der Waals surface area contributed by atoms with Crippen molar-refractivity contribution in [2.24, 2.45) is 0 Å². The van der Waals surface area contributed by atoms with Gasteiger partial charge in [0.15, 0.2) is 0 Å². The number of aromatic amines is 1. The molecule has 8 heteroatoms. The second-order valence-electron chi connectivity index (χ2n) is 8.97. The number of nitrogens with zero attached hydrogens (tertiary/aromatic N) is 1. The normalized spacial score (nSPS) is 13.7. The molecule has 1 unspecified atom stereocenters. The third-order valence-corrected chi connectivity index (χ3v) is 7.43. The maximum absolute atomic E-state index is 12.7. The fourth-order valence-corrected chi connectivity index (χ4v) is 4.28. The Labute approximate surface area is 198 Å². The Morgan fingerprint density at radius 2 is 1.71 bits per heavy atom. The predicted molar refractivity (Wildman–Crippen MR) is 132 cm³/mol. The number of aliphatic hydroxyl groups excluding tert-OH is 1. The molecule has 4 aromatic rings. The van der Waals surface area contributed by atoms with E-state index in [4.69, 9.17) is 4.74 Å². The lowest BCUT2D eigenvalue weighted by molar-refractivity contribution is -0.137. The third kappa shape index (κ3) is 5.56. The van der Waals surface area contributed by atoms with Crippen molar-refractivity contribution in [2.45, 2.75) is 24.6 Å².